The minimum absolute atomic E-state index is 0.0739. The van der Waals surface area contributed by atoms with Crippen LogP contribution in [-0.4, -0.2) is 25.6 Å². The van der Waals surface area contributed by atoms with Crippen molar-refractivity contribution in [2.24, 2.45) is 5.92 Å². The first kappa shape index (κ1) is 21.0. The molecular formula is C21H27NO4S. The van der Waals surface area contributed by atoms with Crippen molar-refractivity contribution in [3.63, 3.8) is 0 Å². The molecule has 2 aromatic rings. The van der Waals surface area contributed by atoms with Crippen LogP contribution in [0.4, 0.5) is 5.00 Å². The summed E-state index contributed by atoms with van der Waals surface area (Å²) in [5.41, 5.74) is 2.94. The Morgan fingerprint density at radius 1 is 1.15 bits per heavy atom. The number of hydrogen-bond donors (Lipinski definition) is 1. The maximum atomic E-state index is 12.7. The number of amides is 1. The first-order valence-electron chi connectivity index (χ1n) is 9.21. The lowest BCUT2D eigenvalue weighted by molar-refractivity contribution is -0.120. The highest BCUT2D eigenvalue weighted by Gasteiger charge is 2.26. The van der Waals surface area contributed by atoms with Gasteiger partial charge in [-0.15, -0.1) is 11.3 Å². The van der Waals surface area contributed by atoms with E-state index in [1.807, 2.05) is 44.4 Å². The molecule has 27 heavy (non-hydrogen) atoms. The third-order valence-corrected chi connectivity index (χ3v) is 5.40. The predicted molar refractivity (Wildman–Crippen MR) is 110 cm³/mol. The third-order valence-electron chi connectivity index (χ3n) is 4.51. The lowest BCUT2D eigenvalue weighted by Crippen LogP contribution is -2.22. The summed E-state index contributed by atoms with van der Waals surface area (Å²) in [5.74, 6) is 0.0632. The zero-order valence-electron chi connectivity index (χ0n) is 16.5. The van der Waals surface area contributed by atoms with Crippen LogP contribution in [-0.2, 0) is 9.53 Å². The Morgan fingerprint density at radius 3 is 2.44 bits per heavy atom. The summed E-state index contributed by atoms with van der Waals surface area (Å²) in [6.45, 7) is 7.97. The molecule has 1 N–H and O–H groups in total. The zero-order chi connectivity index (χ0) is 20.0. The number of benzene rings is 1. The van der Waals surface area contributed by atoms with Gasteiger partial charge in [0, 0.05) is 22.4 Å². The van der Waals surface area contributed by atoms with Crippen LogP contribution in [0, 0.1) is 12.8 Å². The van der Waals surface area contributed by atoms with Gasteiger partial charge in [0.15, 0.2) is 0 Å². The maximum Gasteiger partial charge on any atom is 0.341 e. The lowest BCUT2D eigenvalue weighted by Gasteiger charge is -2.14. The number of aryl methyl sites for hydroxylation is 1. The quantitative estimate of drug-likeness (QED) is 0.624. The number of carbonyl (C=O) groups excluding carboxylic acids is 2. The molecule has 0 saturated heterocycles. The minimum Gasteiger partial charge on any atom is -0.496 e. The number of methoxy groups -OCH3 is 1. The van der Waals surface area contributed by atoms with Crippen molar-refractivity contribution in [2.45, 2.75) is 40.5 Å². The van der Waals surface area contributed by atoms with Gasteiger partial charge in [0.1, 0.15) is 16.3 Å². The number of esters is 1. The number of thiophene rings is 1. The van der Waals surface area contributed by atoms with Crippen molar-refractivity contribution in [3.8, 4) is 16.9 Å². The predicted octanol–water partition coefficient (Wildman–Crippen LogP) is 5.28. The van der Waals surface area contributed by atoms with E-state index in [1.165, 1.54) is 11.3 Å². The molecule has 0 spiro atoms. The van der Waals surface area contributed by atoms with Crippen LogP contribution in [0.3, 0.4) is 0 Å². The highest BCUT2D eigenvalue weighted by molar-refractivity contribution is 7.15. The summed E-state index contributed by atoms with van der Waals surface area (Å²) in [6.07, 6.45) is 1.50. The van der Waals surface area contributed by atoms with E-state index in [1.54, 1.807) is 14.0 Å². The molecule has 0 bridgehead atoms. The average molecular weight is 390 g/mol. The van der Waals surface area contributed by atoms with Gasteiger partial charge in [-0.25, -0.2) is 4.79 Å². The van der Waals surface area contributed by atoms with E-state index in [-0.39, 0.29) is 18.4 Å². The molecule has 1 amide bonds. The molecule has 0 radical (unpaired) electrons. The normalized spacial score (nSPS) is 10.7. The molecule has 0 aliphatic rings. The number of nitrogens with one attached hydrogen (secondary N) is 1. The average Bonchev–Trinajstić information content (AvgIpc) is 3.06. The van der Waals surface area contributed by atoms with Crippen molar-refractivity contribution in [1.82, 2.24) is 0 Å². The van der Waals surface area contributed by atoms with Crippen molar-refractivity contribution in [3.05, 3.63) is 34.7 Å². The highest BCUT2D eigenvalue weighted by Crippen LogP contribution is 2.40. The van der Waals surface area contributed by atoms with Crippen LogP contribution in [0.25, 0.3) is 11.1 Å². The molecule has 0 unspecified atom stereocenters. The largest absolute Gasteiger partial charge is 0.496 e. The van der Waals surface area contributed by atoms with Crippen LogP contribution < -0.4 is 10.1 Å². The number of ether oxygens (including phenoxy) is 2. The van der Waals surface area contributed by atoms with Crippen LogP contribution in [0.5, 0.6) is 5.75 Å². The molecule has 0 fully saturated rings. The monoisotopic (exact) mass is 389 g/mol. The minimum atomic E-state index is -0.447. The maximum absolute atomic E-state index is 12.7. The molecule has 146 valence electrons. The van der Waals surface area contributed by atoms with Crippen molar-refractivity contribution < 1.29 is 19.1 Å². The SMILES string of the molecule is CCOC(=O)c1c(-c2cc(C)ccc2OC)csc1NC(=O)C(CC)CC. The van der Waals surface area contributed by atoms with Crippen LogP contribution >= 0.6 is 11.3 Å². The summed E-state index contributed by atoms with van der Waals surface area (Å²) >= 11 is 1.33. The Hall–Kier alpha value is -2.34. The molecular weight excluding hydrogens is 362 g/mol. The number of carbonyl (C=O) groups is 2. The molecule has 1 aromatic carbocycles. The lowest BCUT2D eigenvalue weighted by atomic mass is 10.00. The fourth-order valence-corrected chi connectivity index (χ4v) is 3.91. The standard InChI is InChI=1S/C21H27NO4S/c1-6-14(7-2)19(23)22-20-18(21(24)26-8-3)16(12-27-20)15-11-13(4)9-10-17(15)25-5/h9-12,14H,6-8H2,1-5H3,(H,22,23). The zero-order valence-corrected chi connectivity index (χ0v) is 17.4. The summed E-state index contributed by atoms with van der Waals surface area (Å²) in [5, 5.41) is 5.32. The Bertz CT molecular complexity index is 809. The second-order valence-corrected chi connectivity index (χ2v) is 7.16. The molecule has 5 nitrogen and oxygen atoms in total. The smallest absolute Gasteiger partial charge is 0.341 e. The van der Waals surface area contributed by atoms with Gasteiger partial charge in [0.05, 0.1) is 13.7 Å². The number of hydrogen-bond acceptors (Lipinski definition) is 5. The van der Waals surface area contributed by atoms with Gasteiger partial charge in [-0.3, -0.25) is 4.79 Å². The molecule has 1 aromatic heterocycles. The van der Waals surface area contributed by atoms with E-state index in [0.29, 0.717) is 21.9 Å². The molecule has 0 atom stereocenters. The number of anilines is 1. The summed E-state index contributed by atoms with van der Waals surface area (Å²) in [6, 6.07) is 5.80. The summed E-state index contributed by atoms with van der Waals surface area (Å²) in [7, 11) is 1.60. The van der Waals surface area contributed by atoms with Gasteiger partial charge in [-0.1, -0.05) is 25.5 Å². The van der Waals surface area contributed by atoms with Crippen molar-refractivity contribution in [1.29, 1.82) is 0 Å². The Balaban J connectivity index is 2.54. The fourth-order valence-electron chi connectivity index (χ4n) is 2.96. The molecule has 6 heteroatoms. The Kier molecular flexibility index (Phi) is 7.42. The first-order valence-corrected chi connectivity index (χ1v) is 10.1. The van der Waals surface area contributed by atoms with Crippen molar-refractivity contribution in [2.75, 3.05) is 19.0 Å². The molecule has 0 aliphatic carbocycles. The molecule has 0 aliphatic heterocycles. The molecule has 2 rings (SSSR count). The van der Waals surface area contributed by atoms with Gasteiger partial charge < -0.3 is 14.8 Å². The second kappa shape index (κ2) is 9.55. The second-order valence-electron chi connectivity index (χ2n) is 6.28. The summed E-state index contributed by atoms with van der Waals surface area (Å²) < 4.78 is 10.7. The van der Waals surface area contributed by atoms with Crippen molar-refractivity contribution >= 4 is 28.2 Å². The van der Waals surface area contributed by atoms with E-state index in [2.05, 4.69) is 5.32 Å². The van der Waals surface area contributed by atoms with E-state index in [0.717, 1.165) is 24.0 Å². The van der Waals surface area contributed by atoms with E-state index in [4.69, 9.17) is 9.47 Å². The van der Waals surface area contributed by atoms with Gasteiger partial charge in [0.2, 0.25) is 5.91 Å². The van der Waals surface area contributed by atoms with Gasteiger partial charge in [0.25, 0.3) is 0 Å². The van der Waals surface area contributed by atoms with Crippen LogP contribution in [0.2, 0.25) is 0 Å². The Morgan fingerprint density at radius 2 is 1.85 bits per heavy atom. The third kappa shape index (κ3) is 4.69. The van der Waals surface area contributed by atoms with Crippen LogP contribution in [0.1, 0.15) is 49.5 Å². The van der Waals surface area contributed by atoms with Crippen LogP contribution in [0.15, 0.2) is 23.6 Å². The van der Waals surface area contributed by atoms with Gasteiger partial charge >= 0.3 is 5.97 Å². The van der Waals surface area contributed by atoms with E-state index >= 15 is 0 Å². The highest BCUT2D eigenvalue weighted by atomic mass is 32.1. The van der Waals surface area contributed by atoms with Gasteiger partial charge in [-0.05, 0) is 38.8 Å². The van der Waals surface area contributed by atoms with Gasteiger partial charge in [-0.2, -0.15) is 0 Å². The Labute approximate surface area is 164 Å². The number of rotatable bonds is 8. The topological polar surface area (TPSA) is 64.6 Å². The van der Waals surface area contributed by atoms with E-state index in [9.17, 15) is 9.59 Å². The molecule has 0 saturated carbocycles. The molecule has 1 heterocycles. The first-order chi connectivity index (χ1) is 13.0. The van der Waals surface area contributed by atoms with E-state index < -0.39 is 5.97 Å². The summed E-state index contributed by atoms with van der Waals surface area (Å²) in [4.78, 5) is 25.2. The fraction of sp³-hybridized carbons (Fsp3) is 0.429.